The minimum Gasteiger partial charge on any atom is -0.494 e. The van der Waals surface area contributed by atoms with Gasteiger partial charge in [0.05, 0.1) is 29.6 Å². The topological polar surface area (TPSA) is 55.6 Å². The molecule has 0 aliphatic carbocycles. The molecule has 1 amide bonds. The van der Waals surface area contributed by atoms with E-state index in [1.807, 2.05) is 38.1 Å². The number of nitrogens with zero attached hydrogens (tertiary/aromatic N) is 2. The van der Waals surface area contributed by atoms with E-state index in [4.69, 9.17) is 14.1 Å². The van der Waals surface area contributed by atoms with Gasteiger partial charge in [0.2, 0.25) is 0 Å². The van der Waals surface area contributed by atoms with Gasteiger partial charge < -0.3 is 9.15 Å². The van der Waals surface area contributed by atoms with Crippen LogP contribution in [0.5, 0.6) is 5.75 Å². The number of aryl methyl sites for hydroxylation is 2. The molecule has 148 valence electrons. The highest BCUT2D eigenvalue weighted by atomic mass is 32.1. The van der Waals surface area contributed by atoms with Gasteiger partial charge >= 0.3 is 0 Å². The molecule has 0 atom stereocenters. The van der Waals surface area contributed by atoms with Crippen LogP contribution in [0.1, 0.15) is 34.2 Å². The maximum Gasteiger partial charge on any atom is 0.260 e. The number of hydrogen-bond donors (Lipinski definition) is 0. The van der Waals surface area contributed by atoms with Gasteiger partial charge in [0.15, 0.2) is 5.13 Å². The van der Waals surface area contributed by atoms with Crippen molar-refractivity contribution in [3.05, 3.63) is 77.2 Å². The van der Waals surface area contributed by atoms with Gasteiger partial charge in [0.25, 0.3) is 5.91 Å². The fourth-order valence-corrected chi connectivity index (χ4v) is 4.41. The molecule has 2 heterocycles. The molecule has 0 saturated heterocycles. The van der Waals surface area contributed by atoms with Crippen LogP contribution in [0, 0.1) is 13.8 Å². The third-order valence-corrected chi connectivity index (χ3v) is 5.63. The van der Waals surface area contributed by atoms with Crippen molar-refractivity contribution in [2.75, 3.05) is 11.5 Å². The number of carbonyl (C=O) groups excluding carboxylic acids is 1. The van der Waals surface area contributed by atoms with Crippen molar-refractivity contribution in [2.24, 2.45) is 0 Å². The van der Waals surface area contributed by atoms with E-state index in [-0.39, 0.29) is 5.91 Å². The fourth-order valence-electron chi connectivity index (χ4n) is 3.28. The van der Waals surface area contributed by atoms with Gasteiger partial charge in [0.1, 0.15) is 11.5 Å². The number of aromatic nitrogens is 1. The van der Waals surface area contributed by atoms with E-state index in [2.05, 4.69) is 19.1 Å². The van der Waals surface area contributed by atoms with Crippen LogP contribution in [0.2, 0.25) is 0 Å². The Balaban J connectivity index is 1.73. The second-order valence-corrected chi connectivity index (χ2v) is 7.86. The van der Waals surface area contributed by atoms with Crippen molar-refractivity contribution < 1.29 is 13.9 Å². The van der Waals surface area contributed by atoms with Crippen molar-refractivity contribution in [2.45, 2.75) is 27.3 Å². The molecule has 0 aliphatic heterocycles. The van der Waals surface area contributed by atoms with Crippen LogP contribution >= 0.6 is 11.3 Å². The molecular formula is C23H22N2O3S. The van der Waals surface area contributed by atoms with E-state index in [0.717, 1.165) is 21.5 Å². The van der Waals surface area contributed by atoms with Crippen LogP contribution in [-0.2, 0) is 6.54 Å². The zero-order chi connectivity index (χ0) is 20.4. The van der Waals surface area contributed by atoms with Crippen molar-refractivity contribution in [3.63, 3.8) is 0 Å². The van der Waals surface area contributed by atoms with E-state index >= 15 is 0 Å². The average molecular weight is 407 g/mol. The van der Waals surface area contributed by atoms with E-state index < -0.39 is 0 Å². The van der Waals surface area contributed by atoms with Crippen molar-refractivity contribution >= 4 is 32.6 Å². The Labute approximate surface area is 173 Å². The number of rotatable bonds is 6. The van der Waals surface area contributed by atoms with Gasteiger partial charge in [-0.2, -0.15) is 0 Å². The average Bonchev–Trinajstić information content (AvgIpc) is 3.36. The molecule has 0 radical (unpaired) electrons. The number of carbonyl (C=O) groups is 1. The van der Waals surface area contributed by atoms with Gasteiger partial charge in [0, 0.05) is 5.56 Å². The molecule has 4 rings (SSSR count). The lowest BCUT2D eigenvalue weighted by Crippen LogP contribution is -2.30. The highest BCUT2D eigenvalue weighted by Gasteiger charge is 2.23. The summed E-state index contributed by atoms with van der Waals surface area (Å²) in [7, 11) is 0. The highest BCUT2D eigenvalue weighted by Crippen LogP contribution is 2.33. The summed E-state index contributed by atoms with van der Waals surface area (Å²) in [6.07, 6.45) is 1.61. The Hall–Kier alpha value is -3.12. The monoisotopic (exact) mass is 406 g/mol. The van der Waals surface area contributed by atoms with Crippen molar-refractivity contribution in [1.82, 2.24) is 4.98 Å². The zero-order valence-electron chi connectivity index (χ0n) is 16.6. The second kappa shape index (κ2) is 8.09. The minimum absolute atomic E-state index is 0.127. The van der Waals surface area contributed by atoms with Crippen LogP contribution < -0.4 is 9.64 Å². The molecule has 0 unspecified atom stereocenters. The van der Waals surface area contributed by atoms with Crippen molar-refractivity contribution in [3.8, 4) is 5.75 Å². The summed E-state index contributed by atoms with van der Waals surface area (Å²) in [5, 5.41) is 0.656. The van der Waals surface area contributed by atoms with Crippen LogP contribution in [-0.4, -0.2) is 17.5 Å². The van der Waals surface area contributed by atoms with Gasteiger partial charge in [-0.3, -0.25) is 9.69 Å². The van der Waals surface area contributed by atoms with E-state index in [1.54, 1.807) is 23.3 Å². The maximum atomic E-state index is 13.4. The lowest BCUT2D eigenvalue weighted by atomic mass is 10.1. The van der Waals surface area contributed by atoms with Gasteiger partial charge in [-0.1, -0.05) is 17.4 Å². The lowest BCUT2D eigenvalue weighted by Gasteiger charge is -2.19. The Morgan fingerprint density at radius 2 is 1.97 bits per heavy atom. The van der Waals surface area contributed by atoms with Gasteiger partial charge in [-0.15, -0.1) is 0 Å². The molecule has 0 bridgehead atoms. The Bertz CT molecular complexity index is 1130. The number of ether oxygens (including phenoxy) is 1. The number of hydrogen-bond acceptors (Lipinski definition) is 5. The molecule has 29 heavy (non-hydrogen) atoms. The Morgan fingerprint density at radius 3 is 2.66 bits per heavy atom. The predicted molar refractivity (Wildman–Crippen MR) is 116 cm³/mol. The molecule has 0 aliphatic rings. The minimum atomic E-state index is -0.127. The number of furan rings is 1. The quantitative estimate of drug-likeness (QED) is 0.409. The molecule has 0 N–H and O–H groups in total. The second-order valence-electron chi connectivity index (χ2n) is 6.85. The summed E-state index contributed by atoms with van der Waals surface area (Å²) in [5.41, 5.74) is 3.79. The molecule has 4 aromatic rings. The predicted octanol–water partition coefficient (Wildman–Crippen LogP) is 5.75. The normalized spacial score (nSPS) is 11.0. The number of anilines is 1. The first-order valence-electron chi connectivity index (χ1n) is 9.50. The first-order chi connectivity index (χ1) is 14.0. The molecule has 2 aromatic heterocycles. The smallest absolute Gasteiger partial charge is 0.260 e. The highest BCUT2D eigenvalue weighted by molar-refractivity contribution is 7.22. The summed E-state index contributed by atoms with van der Waals surface area (Å²) in [4.78, 5) is 19.8. The lowest BCUT2D eigenvalue weighted by molar-refractivity contribution is 0.0983. The molecule has 6 heteroatoms. The number of fused-ring (bicyclic) bond motifs is 1. The van der Waals surface area contributed by atoms with Crippen LogP contribution in [0.4, 0.5) is 5.13 Å². The summed E-state index contributed by atoms with van der Waals surface area (Å²) in [6.45, 7) is 6.95. The third-order valence-electron chi connectivity index (χ3n) is 4.60. The molecule has 0 saturated carbocycles. The first kappa shape index (κ1) is 19.2. The third kappa shape index (κ3) is 4.03. The Kier molecular flexibility index (Phi) is 5.36. The Morgan fingerprint density at radius 1 is 1.17 bits per heavy atom. The fraction of sp³-hybridized carbons (Fsp3) is 0.217. The molecule has 0 spiro atoms. The molecule has 5 nitrogen and oxygen atoms in total. The van der Waals surface area contributed by atoms with Crippen LogP contribution in [0.15, 0.2) is 59.2 Å². The van der Waals surface area contributed by atoms with Crippen LogP contribution in [0.3, 0.4) is 0 Å². The summed E-state index contributed by atoms with van der Waals surface area (Å²) >= 11 is 1.52. The molecule has 0 fully saturated rings. The van der Waals surface area contributed by atoms with E-state index in [9.17, 15) is 4.79 Å². The van der Waals surface area contributed by atoms with E-state index in [0.29, 0.717) is 29.6 Å². The summed E-state index contributed by atoms with van der Waals surface area (Å²) in [5.74, 6) is 1.32. The van der Waals surface area contributed by atoms with Crippen molar-refractivity contribution in [1.29, 1.82) is 0 Å². The molecule has 2 aromatic carbocycles. The largest absolute Gasteiger partial charge is 0.494 e. The van der Waals surface area contributed by atoms with Gasteiger partial charge in [-0.05, 0) is 74.4 Å². The van der Waals surface area contributed by atoms with Crippen LogP contribution in [0.25, 0.3) is 10.2 Å². The first-order valence-corrected chi connectivity index (χ1v) is 10.3. The van der Waals surface area contributed by atoms with E-state index in [1.165, 1.54) is 16.9 Å². The summed E-state index contributed by atoms with van der Waals surface area (Å²) in [6, 6.07) is 15.1. The number of benzene rings is 2. The maximum absolute atomic E-state index is 13.4. The number of thiazole rings is 1. The summed E-state index contributed by atoms with van der Waals surface area (Å²) < 4.78 is 12.1. The standard InChI is InChI=1S/C23H22N2O3S/c1-4-27-18-9-7-17(8-10-18)22(26)25(14-19-6-5-11-28-19)23-24-21-16(3)12-15(2)13-20(21)29-23/h5-13H,4,14H2,1-3H3. The van der Waals surface area contributed by atoms with Gasteiger partial charge in [-0.25, -0.2) is 4.98 Å². The SMILES string of the molecule is CCOc1ccc(C(=O)N(Cc2ccco2)c2nc3c(C)cc(C)cc3s2)cc1. The molecular weight excluding hydrogens is 384 g/mol. The zero-order valence-corrected chi connectivity index (χ0v) is 17.5. The number of amides is 1.